The third kappa shape index (κ3) is 2.63. The standard InChI is InChI=1S/C13H16BrNO2/c1-8(9-3-4-9)15(2)12-7-10(14)5-6-11(12)13(16)17/h5-9H,3-4H2,1-2H3,(H,16,17). The van der Waals surface area contributed by atoms with Crippen LogP contribution in [0.3, 0.4) is 0 Å². The number of rotatable bonds is 4. The maximum Gasteiger partial charge on any atom is 0.337 e. The fourth-order valence-electron chi connectivity index (χ4n) is 2.09. The molecule has 0 bridgehead atoms. The highest BCUT2D eigenvalue weighted by atomic mass is 79.9. The van der Waals surface area contributed by atoms with Crippen molar-refractivity contribution in [1.82, 2.24) is 0 Å². The number of hydrogen-bond donors (Lipinski definition) is 1. The van der Waals surface area contributed by atoms with Crippen LogP contribution >= 0.6 is 15.9 Å². The number of halogens is 1. The lowest BCUT2D eigenvalue weighted by atomic mass is 10.1. The van der Waals surface area contributed by atoms with Crippen LogP contribution in [0.1, 0.15) is 30.1 Å². The Bertz CT molecular complexity index is 443. The molecule has 1 saturated carbocycles. The van der Waals surface area contributed by atoms with Gasteiger partial charge < -0.3 is 10.0 Å². The van der Waals surface area contributed by atoms with E-state index in [2.05, 4.69) is 27.8 Å². The first-order valence-electron chi connectivity index (χ1n) is 5.76. The van der Waals surface area contributed by atoms with E-state index in [4.69, 9.17) is 0 Å². The molecule has 0 spiro atoms. The Balaban J connectivity index is 2.34. The van der Waals surface area contributed by atoms with Gasteiger partial charge in [-0.3, -0.25) is 0 Å². The van der Waals surface area contributed by atoms with Crippen molar-refractivity contribution in [3.05, 3.63) is 28.2 Å². The van der Waals surface area contributed by atoms with Gasteiger partial charge in [-0.15, -0.1) is 0 Å². The molecule has 1 fully saturated rings. The van der Waals surface area contributed by atoms with E-state index in [9.17, 15) is 9.90 Å². The minimum atomic E-state index is -0.873. The van der Waals surface area contributed by atoms with Crippen LogP contribution in [0.15, 0.2) is 22.7 Å². The molecule has 17 heavy (non-hydrogen) atoms. The van der Waals surface area contributed by atoms with Gasteiger partial charge in [0.1, 0.15) is 0 Å². The summed E-state index contributed by atoms with van der Waals surface area (Å²) in [5.74, 6) is -0.164. The normalized spacial score (nSPS) is 16.6. The molecule has 1 aliphatic carbocycles. The van der Waals surface area contributed by atoms with Crippen LogP contribution in [0, 0.1) is 5.92 Å². The number of aromatic carboxylic acids is 1. The van der Waals surface area contributed by atoms with E-state index in [-0.39, 0.29) is 0 Å². The second-order valence-corrected chi connectivity index (χ2v) is 5.57. The van der Waals surface area contributed by atoms with E-state index < -0.39 is 5.97 Å². The van der Waals surface area contributed by atoms with Crippen molar-refractivity contribution in [2.24, 2.45) is 5.92 Å². The second-order valence-electron chi connectivity index (χ2n) is 4.66. The largest absolute Gasteiger partial charge is 0.478 e. The van der Waals surface area contributed by atoms with Crippen LogP contribution in [0.2, 0.25) is 0 Å². The number of nitrogens with zero attached hydrogens (tertiary/aromatic N) is 1. The van der Waals surface area contributed by atoms with Gasteiger partial charge in [0.25, 0.3) is 0 Å². The molecule has 1 N–H and O–H groups in total. The third-order valence-corrected chi connectivity index (χ3v) is 3.98. The molecular formula is C13H16BrNO2. The summed E-state index contributed by atoms with van der Waals surface area (Å²) in [5.41, 5.74) is 1.15. The molecule has 1 aromatic carbocycles. The zero-order chi connectivity index (χ0) is 12.6. The van der Waals surface area contributed by atoms with Crippen molar-refractivity contribution in [2.75, 3.05) is 11.9 Å². The lowest BCUT2D eigenvalue weighted by molar-refractivity contribution is 0.0697. The number of carboxylic acid groups (broad SMARTS) is 1. The van der Waals surface area contributed by atoms with Gasteiger partial charge in [0.05, 0.1) is 11.3 Å². The van der Waals surface area contributed by atoms with Gasteiger partial charge in [0.2, 0.25) is 0 Å². The Hall–Kier alpha value is -1.03. The van der Waals surface area contributed by atoms with Crippen molar-refractivity contribution >= 4 is 27.6 Å². The molecule has 0 amide bonds. The Morgan fingerprint density at radius 2 is 2.18 bits per heavy atom. The van der Waals surface area contributed by atoms with Crippen LogP contribution in [0.25, 0.3) is 0 Å². The highest BCUT2D eigenvalue weighted by Crippen LogP contribution is 2.37. The molecule has 92 valence electrons. The average molecular weight is 298 g/mol. The van der Waals surface area contributed by atoms with Gasteiger partial charge in [0.15, 0.2) is 0 Å². The van der Waals surface area contributed by atoms with Crippen molar-refractivity contribution in [2.45, 2.75) is 25.8 Å². The number of carboxylic acids is 1. The Kier molecular flexibility index (Phi) is 3.43. The molecule has 0 aliphatic heterocycles. The van der Waals surface area contributed by atoms with Gasteiger partial charge in [-0.2, -0.15) is 0 Å². The first kappa shape index (κ1) is 12.4. The molecule has 4 heteroatoms. The number of anilines is 1. The summed E-state index contributed by atoms with van der Waals surface area (Å²) in [6, 6.07) is 5.69. The van der Waals surface area contributed by atoms with E-state index >= 15 is 0 Å². The fourth-order valence-corrected chi connectivity index (χ4v) is 2.44. The quantitative estimate of drug-likeness (QED) is 0.926. The minimum absolute atomic E-state index is 0.364. The summed E-state index contributed by atoms with van der Waals surface area (Å²) in [6.07, 6.45) is 2.50. The molecule has 0 saturated heterocycles. The van der Waals surface area contributed by atoms with Gasteiger partial charge in [-0.1, -0.05) is 15.9 Å². The molecule has 1 aliphatic rings. The summed E-state index contributed by atoms with van der Waals surface area (Å²) in [6.45, 7) is 2.16. The molecule has 1 unspecified atom stereocenters. The van der Waals surface area contributed by atoms with E-state index in [0.29, 0.717) is 17.5 Å². The lowest BCUT2D eigenvalue weighted by Gasteiger charge is -2.28. The predicted octanol–water partition coefficient (Wildman–Crippen LogP) is 3.38. The molecule has 0 radical (unpaired) electrons. The summed E-state index contributed by atoms with van der Waals surface area (Å²) in [4.78, 5) is 13.3. The first-order chi connectivity index (χ1) is 8.00. The van der Waals surface area contributed by atoms with E-state index in [1.165, 1.54) is 12.8 Å². The maximum absolute atomic E-state index is 11.2. The van der Waals surface area contributed by atoms with Crippen LogP contribution in [0.5, 0.6) is 0 Å². The average Bonchev–Trinajstić information content (AvgIpc) is 3.10. The fraction of sp³-hybridized carbons (Fsp3) is 0.462. The van der Waals surface area contributed by atoms with E-state index in [1.54, 1.807) is 12.1 Å². The van der Waals surface area contributed by atoms with Crippen molar-refractivity contribution in [1.29, 1.82) is 0 Å². The second kappa shape index (κ2) is 4.69. The Morgan fingerprint density at radius 3 is 2.71 bits per heavy atom. The minimum Gasteiger partial charge on any atom is -0.478 e. The van der Waals surface area contributed by atoms with E-state index in [0.717, 1.165) is 10.2 Å². The van der Waals surface area contributed by atoms with Crippen LogP contribution in [-0.2, 0) is 0 Å². The van der Waals surface area contributed by atoms with Crippen LogP contribution < -0.4 is 4.90 Å². The number of benzene rings is 1. The molecule has 2 rings (SSSR count). The molecule has 1 aromatic rings. The predicted molar refractivity (Wildman–Crippen MR) is 71.7 cm³/mol. The smallest absolute Gasteiger partial charge is 0.337 e. The monoisotopic (exact) mass is 297 g/mol. The zero-order valence-corrected chi connectivity index (χ0v) is 11.6. The first-order valence-corrected chi connectivity index (χ1v) is 6.55. The molecule has 0 heterocycles. The van der Waals surface area contributed by atoms with Crippen molar-refractivity contribution in [3.8, 4) is 0 Å². The van der Waals surface area contributed by atoms with Gasteiger partial charge >= 0.3 is 5.97 Å². The van der Waals surface area contributed by atoms with Crippen LogP contribution in [-0.4, -0.2) is 24.2 Å². The summed E-state index contributed by atoms with van der Waals surface area (Å²) < 4.78 is 0.910. The summed E-state index contributed by atoms with van der Waals surface area (Å²) in [5, 5.41) is 9.20. The maximum atomic E-state index is 11.2. The summed E-state index contributed by atoms with van der Waals surface area (Å²) >= 11 is 3.40. The Labute approximate surface area is 110 Å². The molecule has 3 nitrogen and oxygen atoms in total. The van der Waals surface area contributed by atoms with Crippen LogP contribution in [0.4, 0.5) is 5.69 Å². The zero-order valence-electron chi connectivity index (χ0n) is 9.98. The molecule has 1 atom stereocenters. The molecular weight excluding hydrogens is 282 g/mol. The summed E-state index contributed by atoms with van der Waals surface area (Å²) in [7, 11) is 1.97. The Morgan fingerprint density at radius 1 is 1.53 bits per heavy atom. The van der Waals surface area contributed by atoms with Gasteiger partial charge in [0, 0.05) is 17.6 Å². The van der Waals surface area contributed by atoms with Crippen molar-refractivity contribution in [3.63, 3.8) is 0 Å². The molecule has 0 aromatic heterocycles. The highest BCUT2D eigenvalue weighted by Gasteiger charge is 2.31. The highest BCUT2D eigenvalue weighted by molar-refractivity contribution is 9.10. The lowest BCUT2D eigenvalue weighted by Crippen LogP contribution is -2.31. The van der Waals surface area contributed by atoms with Crippen molar-refractivity contribution < 1.29 is 9.90 Å². The topological polar surface area (TPSA) is 40.5 Å². The number of hydrogen-bond acceptors (Lipinski definition) is 2. The van der Waals surface area contributed by atoms with Gasteiger partial charge in [-0.25, -0.2) is 4.79 Å². The number of carbonyl (C=O) groups is 1. The SMILES string of the molecule is CC(C1CC1)N(C)c1cc(Br)ccc1C(=O)O. The van der Waals surface area contributed by atoms with E-state index in [1.807, 2.05) is 13.1 Å². The third-order valence-electron chi connectivity index (χ3n) is 3.49. The van der Waals surface area contributed by atoms with Gasteiger partial charge in [-0.05, 0) is 43.9 Å².